The molecule has 1 aliphatic rings. The summed E-state index contributed by atoms with van der Waals surface area (Å²) in [4.78, 5) is 15.6. The minimum Gasteiger partial charge on any atom is -0.475 e. The smallest absolute Gasteiger partial charge is 0.373 e. The van der Waals surface area contributed by atoms with E-state index in [2.05, 4.69) is 17.1 Å². The minimum atomic E-state index is -1.04. The van der Waals surface area contributed by atoms with Crippen molar-refractivity contribution >= 4 is 5.97 Å². The zero-order valence-electron chi connectivity index (χ0n) is 11.5. The van der Waals surface area contributed by atoms with Crippen LogP contribution in [0.2, 0.25) is 0 Å². The number of rotatable bonds is 4. The molecule has 20 heavy (non-hydrogen) atoms. The Morgan fingerprint density at radius 1 is 1.30 bits per heavy atom. The molecule has 1 aromatic carbocycles. The van der Waals surface area contributed by atoms with E-state index in [0.717, 1.165) is 6.42 Å². The van der Waals surface area contributed by atoms with E-state index in [9.17, 15) is 9.90 Å². The van der Waals surface area contributed by atoms with Crippen LogP contribution in [0, 0.1) is 0 Å². The third-order valence-corrected chi connectivity index (χ3v) is 3.75. The third-order valence-electron chi connectivity index (χ3n) is 3.75. The van der Waals surface area contributed by atoms with Gasteiger partial charge in [-0.05, 0) is 23.8 Å². The Kier molecular flexibility index (Phi) is 3.08. The number of hydrogen-bond acceptors (Lipinski definition) is 3. The Morgan fingerprint density at radius 3 is 2.55 bits per heavy atom. The van der Waals surface area contributed by atoms with Crippen molar-refractivity contribution in [2.45, 2.75) is 38.0 Å². The maximum atomic E-state index is 11.2. The van der Waals surface area contributed by atoms with Gasteiger partial charge in [-0.25, -0.2) is 9.78 Å². The summed E-state index contributed by atoms with van der Waals surface area (Å²) >= 11 is 0. The molecule has 4 nitrogen and oxygen atoms in total. The Hall–Kier alpha value is -2.10. The molecule has 0 aliphatic heterocycles. The average Bonchev–Trinajstić information content (AvgIpc) is 3.10. The average molecular weight is 271 g/mol. The third kappa shape index (κ3) is 2.22. The first-order chi connectivity index (χ1) is 9.58. The fourth-order valence-electron chi connectivity index (χ4n) is 2.59. The normalized spacial score (nSPS) is 21.1. The Bertz CT molecular complexity index is 630. The lowest BCUT2D eigenvalue weighted by atomic mass is 10.1. The summed E-state index contributed by atoms with van der Waals surface area (Å²) in [6, 6.07) is 10.2. The number of aromatic nitrogens is 1. The highest BCUT2D eigenvalue weighted by atomic mass is 16.4. The predicted octanol–water partition coefficient (Wildman–Crippen LogP) is 3.77. The first-order valence-electron chi connectivity index (χ1n) is 6.86. The van der Waals surface area contributed by atoms with Crippen molar-refractivity contribution < 1.29 is 14.3 Å². The number of benzene rings is 1. The van der Waals surface area contributed by atoms with Crippen LogP contribution in [0.4, 0.5) is 0 Å². The fourth-order valence-corrected chi connectivity index (χ4v) is 2.59. The van der Waals surface area contributed by atoms with Gasteiger partial charge in [-0.15, -0.1) is 0 Å². The predicted molar refractivity (Wildman–Crippen MR) is 74.1 cm³/mol. The van der Waals surface area contributed by atoms with Crippen LogP contribution in [0.5, 0.6) is 0 Å². The molecule has 4 heteroatoms. The van der Waals surface area contributed by atoms with Crippen LogP contribution in [0.15, 0.2) is 34.7 Å². The first kappa shape index (κ1) is 12.9. The molecule has 2 atom stereocenters. The summed E-state index contributed by atoms with van der Waals surface area (Å²) in [5, 5.41) is 9.18. The molecule has 0 spiro atoms. The van der Waals surface area contributed by atoms with E-state index in [1.165, 1.54) is 5.56 Å². The van der Waals surface area contributed by atoms with E-state index < -0.39 is 5.97 Å². The summed E-state index contributed by atoms with van der Waals surface area (Å²) in [5.41, 5.74) is 1.81. The van der Waals surface area contributed by atoms with Crippen molar-refractivity contribution in [3.63, 3.8) is 0 Å². The van der Waals surface area contributed by atoms with Gasteiger partial charge in [0.05, 0.1) is 5.69 Å². The summed E-state index contributed by atoms with van der Waals surface area (Å²) in [5.74, 6) is 0.185. The van der Waals surface area contributed by atoms with Crippen LogP contribution in [0.1, 0.15) is 65.7 Å². The van der Waals surface area contributed by atoms with Gasteiger partial charge in [0.2, 0.25) is 5.76 Å². The molecule has 104 valence electrons. The lowest BCUT2D eigenvalue weighted by molar-refractivity contribution is 0.0658. The summed E-state index contributed by atoms with van der Waals surface area (Å²) < 4.78 is 5.50. The topological polar surface area (TPSA) is 63.3 Å². The van der Waals surface area contributed by atoms with E-state index in [4.69, 9.17) is 4.42 Å². The molecule has 1 fully saturated rings. The molecule has 3 rings (SSSR count). The quantitative estimate of drug-likeness (QED) is 0.919. The van der Waals surface area contributed by atoms with Gasteiger partial charge in [-0.2, -0.15) is 0 Å². The highest BCUT2D eigenvalue weighted by Crippen LogP contribution is 2.54. The molecule has 0 radical (unpaired) electrons. The van der Waals surface area contributed by atoms with Crippen molar-refractivity contribution in [2.75, 3.05) is 0 Å². The maximum absolute atomic E-state index is 11.2. The van der Waals surface area contributed by atoms with E-state index in [-0.39, 0.29) is 17.6 Å². The van der Waals surface area contributed by atoms with Crippen LogP contribution < -0.4 is 0 Å². The van der Waals surface area contributed by atoms with Gasteiger partial charge in [0.1, 0.15) is 0 Å². The zero-order chi connectivity index (χ0) is 14.3. The number of carboxylic acid groups (broad SMARTS) is 1. The molecule has 2 aromatic rings. The van der Waals surface area contributed by atoms with Crippen LogP contribution in [0.25, 0.3) is 0 Å². The number of hydrogen-bond donors (Lipinski definition) is 1. The van der Waals surface area contributed by atoms with Crippen LogP contribution >= 0.6 is 0 Å². The van der Waals surface area contributed by atoms with Crippen molar-refractivity contribution in [2.24, 2.45) is 0 Å². The molecule has 1 aliphatic carbocycles. The minimum absolute atomic E-state index is 0.00582. The second-order valence-corrected chi connectivity index (χ2v) is 5.59. The van der Waals surface area contributed by atoms with Crippen LogP contribution in [-0.4, -0.2) is 16.1 Å². The number of carbonyl (C=O) groups is 1. The van der Waals surface area contributed by atoms with E-state index in [1.54, 1.807) is 0 Å². The molecule has 0 bridgehead atoms. The van der Waals surface area contributed by atoms with Gasteiger partial charge in [0.15, 0.2) is 5.89 Å². The number of carboxylic acids is 1. The highest BCUT2D eigenvalue weighted by Gasteiger charge is 2.44. The van der Waals surface area contributed by atoms with Gasteiger partial charge in [-0.3, -0.25) is 0 Å². The van der Waals surface area contributed by atoms with Gasteiger partial charge in [0, 0.05) is 5.92 Å². The molecule has 1 aromatic heterocycles. The Labute approximate surface area is 117 Å². The summed E-state index contributed by atoms with van der Waals surface area (Å²) in [7, 11) is 0. The zero-order valence-corrected chi connectivity index (χ0v) is 11.5. The Balaban J connectivity index is 1.86. The van der Waals surface area contributed by atoms with Gasteiger partial charge in [-0.1, -0.05) is 44.2 Å². The Morgan fingerprint density at radius 2 is 2.00 bits per heavy atom. The van der Waals surface area contributed by atoms with E-state index in [0.29, 0.717) is 17.5 Å². The lowest BCUT2D eigenvalue weighted by Crippen LogP contribution is -2.01. The largest absolute Gasteiger partial charge is 0.475 e. The second kappa shape index (κ2) is 4.78. The van der Waals surface area contributed by atoms with Crippen molar-refractivity contribution in [1.82, 2.24) is 4.98 Å². The molecule has 2 unspecified atom stereocenters. The number of nitrogens with zero attached hydrogens (tertiary/aromatic N) is 1. The number of aromatic carboxylic acids is 1. The molecule has 0 saturated heterocycles. The molecule has 1 saturated carbocycles. The van der Waals surface area contributed by atoms with E-state index in [1.807, 2.05) is 32.0 Å². The molecule has 1 N–H and O–H groups in total. The van der Waals surface area contributed by atoms with Gasteiger partial charge in [0.25, 0.3) is 0 Å². The molecular formula is C16H17NO3. The van der Waals surface area contributed by atoms with Crippen molar-refractivity contribution in [3.05, 3.63) is 53.2 Å². The monoisotopic (exact) mass is 271 g/mol. The SMILES string of the molecule is CC(C)c1nc(C2CC2c2ccccc2)oc1C(=O)O. The van der Waals surface area contributed by atoms with Crippen molar-refractivity contribution in [3.8, 4) is 0 Å². The standard InChI is InChI=1S/C16H17NO3/c1-9(2)13-14(16(18)19)20-15(17-13)12-8-11(12)10-6-4-3-5-7-10/h3-7,9,11-12H,8H2,1-2H3,(H,18,19). The van der Waals surface area contributed by atoms with E-state index >= 15 is 0 Å². The molecular weight excluding hydrogens is 254 g/mol. The first-order valence-corrected chi connectivity index (χ1v) is 6.86. The van der Waals surface area contributed by atoms with Gasteiger partial charge >= 0.3 is 5.97 Å². The lowest BCUT2D eigenvalue weighted by Gasteiger charge is -1.98. The maximum Gasteiger partial charge on any atom is 0.373 e. The summed E-state index contributed by atoms with van der Waals surface area (Å²) in [6.07, 6.45) is 0.973. The van der Waals surface area contributed by atoms with Gasteiger partial charge < -0.3 is 9.52 Å². The van der Waals surface area contributed by atoms with Crippen LogP contribution in [-0.2, 0) is 0 Å². The fraction of sp³-hybridized carbons (Fsp3) is 0.375. The van der Waals surface area contributed by atoms with Crippen LogP contribution in [0.3, 0.4) is 0 Å². The summed E-state index contributed by atoms with van der Waals surface area (Å²) in [6.45, 7) is 3.85. The number of oxazole rings is 1. The highest BCUT2D eigenvalue weighted by molar-refractivity contribution is 5.85. The molecule has 0 amide bonds. The second-order valence-electron chi connectivity index (χ2n) is 5.59. The van der Waals surface area contributed by atoms with Crippen molar-refractivity contribution in [1.29, 1.82) is 0 Å². The molecule has 1 heterocycles.